The number of rotatable bonds is 32. The minimum atomic E-state index is -4.59. The molecule has 1 spiro atoms. The molecule has 15 rings (SSSR count). The van der Waals surface area contributed by atoms with Crippen molar-refractivity contribution in [3.8, 4) is 45.8 Å². The lowest BCUT2D eigenvalue weighted by Crippen LogP contribution is -2.58. The van der Waals surface area contributed by atoms with Crippen molar-refractivity contribution in [2.45, 2.75) is 263 Å². The van der Waals surface area contributed by atoms with Gasteiger partial charge in [-0.1, -0.05) is 74.9 Å². The Kier molecular flexibility index (Phi) is 32.7. The number of pyridine rings is 2. The molecule has 7 aliphatic rings. The summed E-state index contributed by atoms with van der Waals surface area (Å²) < 4.78 is 95.0. The fraction of sp³-hybridized carbons (Fsp3) is 0.479. The van der Waals surface area contributed by atoms with E-state index in [1.54, 1.807) is 44.6 Å². The highest BCUT2D eigenvalue weighted by atomic mass is 32.2. The van der Waals surface area contributed by atoms with Gasteiger partial charge in [0.2, 0.25) is 29.5 Å². The van der Waals surface area contributed by atoms with Gasteiger partial charge in [0.1, 0.15) is 97.8 Å². The molecule has 41 heteroatoms. The molecular weight excluding hydrogens is 1840 g/mol. The van der Waals surface area contributed by atoms with Crippen LogP contribution in [0.5, 0.6) is 23.0 Å². The van der Waals surface area contributed by atoms with Gasteiger partial charge in [0, 0.05) is 102 Å². The molecule has 3 aliphatic heterocycles. The first-order chi connectivity index (χ1) is 65.7. The van der Waals surface area contributed by atoms with Gasteiger partial charge in [0.15, 0.2) is 10.3 Å². The standard InChI is InChI=1S/C48H60N8O11S2.C48H58N8O10S2/c1-5-29-25-48(29,55-43(58)38-23-32(26-49-38)66-40-24-37(39-27-68-46(53-39)50-28(2)3)51-36-22-31(65-4)20-21-33(36)40)45(61)56-69(63,64)41-18-13-12-16-34(41)52-42(57)19-9-7-6-8-17-35(44(59)60)54-47(62)67-30-14-10-11-15-30;1-5-29-25-48(29)45(60)55-68(62,63)41-18-13-12-16-34(41)51-42(57)19-9-7-6-8-17-35(53-47(61)66-30-14-10-11-15-30)44(59)56-26-32(23-39(56)43(58)54-48)65-40-24-37(38-27-67-46(52-38)49-28(2)3)50-36-22-31(64-4)20-21-33(36)40/h5,12-13,16,18,20-22,24,27-30,32,35,38,49H,1,6-11,14-15,17,19,23,25-26H2,2-4H3,(H,50,53)(H,52,57)(H,54,62)(H,55,58)(H,56,61)(H,59,60);5,12-13,16,18,20-22,24,27-30,32,35,39H,1,6-11,14-15,17,19,23,25-26H2,2-4H3,(H,49,52)(H,51,57)(H,53,61)(H,54,58)(H,55,60)/t29-,32-,35+,38+,48-;29-,32-,35+,39+,48-/m11/s1. The summed E-state index contributed by atoms with van der Waals surface area (Å²) in [7, 11) is -6.02. The van der Waals surface area contributed by atoms with Gasteiger partial charge in [0.25, 0.3) is 31.9 Å². The molecule has 0 radical (unpaired) electrons. The van der Waals surface area contributed by atoms with Gasteiger partial charge in [-0.3, -0.25) is 33.6 Å². The number of nitrogens with zero attached hydrogens (tertiary/aromatic N) is 5. The number of para-hydroxylation sites is 2. The predicted octanol–water partition coefficient (Wildman–Crippen LogP) is 12.7. The number of benzene rings is 4. The average Bonchev–Trinajstić information content (AvgIpc) is 1.58. The second-order valence-corrected chi connectivity index (χ2v) is 41.1. The van der Waals surface area contributed by atoms with Crippen LogP contribution in [0.15, 0.2) is 143 Å². The van der Waals surface area contributed by atoms with E-state index in [9.17, 15) is 69.9 Å². The zero-order chi connectivity index (χ0) is 97.5. The summed E-state index contributed by atoms with van der Waals surface area (Å²) in [6, 6.07) is 22.0. The molecule has 732 valence electrons. The number of sulfonamides is 2. The third-order valence-electron chi connectivity index (χ3n) is 25.2. The highest BCUT2D eigenvalue weighted by molar-refractivity contribution is 7.90. The van der Waals surface area contributed by atoms with Crippen LogP contribution in [-0.4, -0.2) is 205 Å². The van der Waals surface area contributed by atoms with E-state index in [2.05, 4.69) is 70.5 Å². The number of carboxylic acid groups (broad SMARTS) is 1. The summed E-state index contributed by atoms with van der Waals surface area (Å²) in [5.74, 6) is -4.86. The first kappa shape index (κ1) is 100. The van der Waals surface area contributed by atoms with Crippen molar-refractivity contribution in [2.24, 2.45) is 11.8 Å². The van der Waals surface area contributed by atoms with E-state index in [4.69, 9.17) is 48.4 Å². The maximum Gasteiger partial charge on any atom is 0.408 e. The van der Waals surface area contributed by atoms with E-state index in [-0.39, 0.29) is 103 Å². The van der Waals surface area contributed by atoms with Crippen molar-refractivity contribution >= 4 is 146 Å². The zero-order valence-corrected chi connectivity index (χ0v) is 80.5. The molecule has 6 fully saturated rings. The van der Waals surface area contributed by atoms with Gasteiger partial charge >= 0.3 is 18.2 Å². The fourth-order valence-corrected chi connectivity index (χ4v) is 21.9. The molecule has 7 heterocycles. The van der Waals surface area contributed by atoms with E-state index in [0.29, 0.717) is 125 Å². The number of aliphatic carboxylic acids is 1. The van der Waals surface area contributed by atoms with Gasteiger partial charge in [-0.15, -0.1) is 35.8 Å². The fourth-order valence-electron chi connectivity index (χ4n) is 17.8. The molecule has 12 N–H and O–H groups in total. The van der Waals surface area contributed by atoms with Crippen molar-refractivity contribution in [2.75, 3.05) is 48.6 Å². The van der Waals surface area contributed by atoms with Crippen LogP contribution >= 0.6 is 22.7 Å². The van der Waals surface area contributed by atoms with Crippen LogP contribution in [0.25, 0.3) is 44.6 Å². The normalized spacial score (nSPS) is 22.6. The van der Waals surface area contributed by atoms with E-state index in [0.717, 1.165) is 61.9 Å². The lowest BCUT2D eigenvalue weighted by atomic mass is 10.0. The number of aromatic nitrogens is 4. The summed E-state index contributed by atoms with van der Waals surface area (Å²) in [5, 5.41) is 42.2. The molecule has 0 unspecified atom stereocenters. The first-order valence-electron chi connectivity index (χ1n) is 46.5. The van der Waals surface area contributed by atoms with E-state index in [1.807, 2.05) is 68.8 Å². The minimum Gasteiger partial charge on any atom is -0.497 e. The summed E-state index contributed by atoms with van der Waals surface area (Å²) in [5.41, 5.74) is 0.203. The number of unbranched alkanes of at least 4 members (excludes halogenated alkanes) is 3. The number of methoxy groups -OCH3 is 2. The van der Waals surface area contributed by atoms with Crippen molar-refractivity contribution in [3.63, 3.8) is 0 Å². The van der Waals surface area contributed by atoms with Gasteiger partial charge in [-0.25, -0.2) is 60.6 Å². The van der Waals surface area contributed by atoms with E-state index >= 15 is 0 Å². The summed E-state index contributed by atoms with van der Waals surface area (Å²) in [6.45, 7) is 15.9. The average molecular weight is 1960 g/mol. The predicted molar refractivity (Wildman–Crippen MR) is 515 cm³/mol. The summed E-state index contributed by atoms with van der Waals surface area (Å²) in [6.07, 6.45) is 11.7. The van der Waals surface area contributed by atoms with Crippen LogP contribution in [0.3, 0.4) is 0 Å². The van der Waals surface area contributed by atoms with Crippen LogP contribution in [0.2, 0.25) is 0 Å². The number of alkyl carbamates (subject to hydrolysis) is 2. The molecule has 4 aromatic heterocycles. The number of carbonyl (C=O) groups excluding carboxylic acids is 9. The molecule has 0 bridgehead atoms. The van der Waals surface area contributed by atoms with Crippen molar-refractivity contribution < 1.29 is 98.3 Å². The number of nitrogens with one attached hydrogen (secondary N) is 11. The Bertz CT molecular complexity index is 6070. The molecule has 37 nitrogen and oxygen atoms in total. The van der Waals surface area contributed by atoms with Gasteiger partial charge in [0.05, 0.1) is 60.6 Å². The van der Waals surface area contributed by atoms with Crippen molar-refractivity contribution in [3.05, 3.63) is 133 Å². The van der Waals surface area contributed by atoms with Gasteiger partial charge < -0.3 is 86.3 Å². The van der Waals surface area contributed by atoms with Crippen LogP contribution in [0, 0.1) is 11.8 Å². The van der Waals surface area contributed by atoms with Crippen molar-refractivity contribution in [1.82, 2.24) is 60.9 Å². The van der Waals surface area contributed by atoms with Gasteiger partial charge in [-0.2, -0.15) is 0 Å². The molecule has 9 amide bonds. The molecule has 10 atom stereocenters. The quantitative estimate of drug-likeness (QED) is 0.0138. The van der Waals surface area contributed by atoms with Crippen LogP contribution in [0.4, 0.5) is 31.2 Å². The SMILES string of the molecule is C=C[C@@H]1C[C@@]12NC(=O)[C@@H]1C[C@@H](Oc3cc(-c4csc(NC(C)C)n4)nc4cc(OC)ccc34)CN1C(=O)[C@@H](NC(=O)OC1CCCC1)CCCCCCC(=O)Nc1ccccc1S(=O)(=O)NC2=O.C=C[C@@H]1C[C@]1(NC(=O)[C@@H]1C[C@@H](Oc2cc(-c3csc(NC(C)C)n3)nc3cc(OC)ccc23)CN1)C(=O)NS(=O)(=O)c1ccccc1NC(=O)CCCCCC[C@H](NC(=O)OC1CCCC1)C(=O)O. The Morgan fingerprint density at radius 3 is 1.84 bits per heavy atom. The third kappa shape index (κ3) is 25.2. The highest BCUT2D eigenvalue weighted by Gasteiger charge is 2.63. The topological polar surface area (TPSA) is 502 Å². The number of fused-ring (bicyclic) bond motifs is 4. The van der Waals surface area contributed by atoms with Crippen LogP contribution in [-0.2, 0) is 67.9 Å². The summed E-state index contributed by atoms with van der Waals surface area (Å²) >= 11 is 2.90. The minimum absolute atomic E-state index is 0.00128. The Balaban J connectivity index is 0.000000219. The van der Waals surface area contributed by atoms with Gasteiger partial charge in [-0.05, 0) is 166 Å². The van der Waals surface area contributed by atoms with Crippen LogP contribution in [0.1, 0.15) is 182 Å². The number of hydrogen-bond acceptors (Lipinski definition) is 29. The lowest BCUT2D eigenvalue weighted by Gasteiger charge is -2.30. The summed E-state index contributed by atoms with van der Waals surface area (Å²) in [4.78, 5) is 155. The molecule has 2 saturated heterocycles. The van der Waals surface area contributed by atoms with Crippen molar-refractivity contribution in [1.29, 1.82) is 0 Å². The number of thiazole rings is 2. The molecule has 4 aromatic carbocycles. The number of hydrogen-bond donors (Lipinski definition) is 12. The lowest BCUT2D eigenvalue weighted by molar-refractivity contribution is -0.141. The maximum absolute atomic E-state index is 15.0. The van der Waals surface area contributed by atoms with E-state index < -0.39 is 139 Å². The number of carboxylic acids is 1. The Labute approximate surface area is 802 Å². The smallest absolute Gasteiger partial charge is 0.408 e. The van der Waals surface area contributed by atoms with E-state index in [1.165, 1.54) is 76.1 Å². The molecule has 137 heavy (non-hydrogen) atoms. The molecular formula is C96H118N16O21S4. The number of ether oxygens (including phenoxy) is 6. The Hall–Kier alpha value is -12.6. The number of carbonyl (C=O) groups is 10. The molecule has 8 aromatic rings. The molecule has 4 saturated carbocycles. The highest BCUT2D eigenvalue weighted by Crippen LogP contribution is 2.48. The largest absolute Gasteiger partial charge is 0.497 e. The monoisotopic (exact) mass is 1960 g/mol. The first-order valence-corrected chi connectivity index (χ1v) is 51.2. The Morgan fingerprint density at radius 1 is 0.657 bits per heavy atom. The number of amides is 9. The second kappa shape index (κ2) is 44.7. The second-order valence-electron chi connectivity index (χ2n) is 36.1. The zero-order valence-electron chi connectivity index (χ0n) is 77.3. The number of anilines is 4. The molecule has 4 aliphatic carbocycles. The maximum atomic E-state index is 15.0. The Morgan fingerprint density at radius 2 is 1.24 bits per heavy atom. The van der Waals surface area contributed by atoms with Crippen LogP contribution < -0.4 is 76.2 Å². The third-order valence-corrected chi connectivity index (χ3v) is 29.6.